The SMILES string of the molecule is COc1ccc(N2CC(=O)ON=C2c2ccccc2)cc1. The van der Waals surface area contributed by atoms with Crippen molar-refractivity contribution in [1.29, 1.82) is 0 Å². The zero-order chi connectivity index (χ0) is 14.7. The molecule has 0 saturated heterocycles. The van der Waals surface area contributed by atoms with Crippen molar-refractivity contribution in [1.82, 2.24) is 0 Å². The lowest BCUT2D eigenvalue weighted by molar-refractivity contribution is -0.142. The summed E-state index contributed by atoms with van der Waals surface area (Å²) < 4.78 is 5.15. The smallest absolute Gasteiger partial charge is 0.354 e. The maximum absolute atomic E-state index is 11.6. The van der Waals surface area contributed by atoms with Gasteiger partial charge in [-0.25, -0.2) is 4.79 Å². The Balaban J connectivity index is 1.98. The quantitative estimate of drug-likeness (QED) is 0.811. The van der Waals surface area contributed by atoms with Crippen LogP contribution in [-0.4, -0.2) is 25.5 Å². The average Bonchev–Trinajstić information content (AvgIpc) is 2.56. The van der Waals surface area contributed by atoms with E-state index in [0.717, 1.165) is 17.0 Å². The summed E-state index contributed by atoms with van der Waals surface area (Å²) >= 11 is 0. The molecule has 1 aliphatic heterocycles. The van der Waals surface area contributed by atoms with Gasteiger partial charge in [0.1, 0.15) is 12.3 Å². The third kappa shape index (κ3) is 2.72. The normalized spacial score (nSPS) is 14.4. The number of nitrogens with zero attached hydrogens (tertiary/aromatic N) is 2. The number of anilines is 1. The van der Waals surface area contributed by atoms with Crippen LogP contribution in [0, 0.1) is 0 Å². The van der Waals surface area contributed by atoms with E-state index in [-0.39, 0.29) is 12.5 Å². The molecule has 5 heteroatoms. The van der Waals surface area contributed by atoms with Gasteiger partial charge in [0, 0.05) is 11.3 Å². The van der Waals surface area contributed by atoms with Crippen molar-refractivity contribution >= 4 is 17.5 Å². The molecule has 2 aromatic rings. The first-order chi connectivity index (χ1) is 10.3. The second kappa shape index (κ2) is 5.66. The van der Waals surface area contributed by atoms with Gasteiger partial charge in [-0.2, -0.15) is 0 Å². The Morgan fingerprint density at radius 3 is 2.48 bits per heavy atom. The number of carbonyl (C=O) groups excluding carboxylic acids is 1. The van der Waals surface area contributed by atoms with Gasteiger partial charge in [-0.15, -0.1) is 0 Å². The van der Waals surface area contributed by atoms with Gasteiger partial charge in [0.05, 0.1) is 7.11 Å². The van der Waals surface area contributed by atoms with Gasteiger partial charge in [-0.1, -0.05) is 35.5 Å². The summed E-state index contributed by atoms with van der Waals surface area (Å²) in [5.74, 6) is 0.988. The van der Waals surface area contributed by atoms with E-state index in [2.05, 4.69) is 5.16 Å². The Morgan fingerprint density at radius 1 is 1.10 bits per heavy atom. The molecule has 1 heterocycles. The number of hydrogen-bond donors (Lipinski definition) is 0. The van der Waals surface area contributed by atoms with Crippen LogP contribution >= 0.6 is 0 Å². The fourth-order valence-corrected chi connectivity index (χ4v) is 2.15. The zero-order valence-electron chi connectivity index (χ0n) is 11.5. The Morgan fingerprint density at radius 2 is 1.81 bits per heavy atom. The topological polar surface area (TPSA) is 51.1 Å². The molecule has 5 nitrogen and oxygen atoms in total. The first-order valence-electron chi connectivity index (χ1n) is 6.53. The number of ether oxygens (including phenoxy) is 1. The molecule has 2 aromatic carbocycles. The highest BCUT2D eigenvalue weighted by Gasteiger charge is 2.25. The minimum atomic E-state index is -0.384. The molecule has 21 heavy (non-hydrogen) atoms. The van der Waals surface area contributed by atoms with Gasteiger partial charge in [0.2, 0.25) is 0 Å². The largest absolute Gasteiger partial charge is 0.497 e. The highest BCUT2D eigenvalue weighted by molar-refractivity contribution is 6.12. The van der Waals surface area contributed by atoms with E-state index in [9.17, 15) is 4.79 Å². The molecule has 0 atom stereocenters. The van der Waals surface area contributed by atoms with Crippen molar-refractivity contribution < 1.29 is 14.4 Å². The van der Waals surface area contributed by atoms with Crippen molar-refractivity contribution in [2.75, 3.05) is 18.6 Å². The van der Waals surface area contributed by atoms with Gasteiger partial charge < -0.3 is 14.5 Å². The van der Waals surface area contributed by atoms with Crippen LogP contribution in [-0.2, 0) is 9.63 Å². The minimum absolute atomic E-state index is 0.125. The summed E-state index contributed by atoms with van der Waals surface area (Å²) in [5, 5.41) is 3.94. The number of oxime groups is 1. The van der Waals surface area contributed by atoms with Crippen molar-refractivity contribution in [2.24, 2.45) is 5.16 Å². The number of benzene rings is 2. The molecule has 0 N–H and O–H groups in total. The first-order valence-corrected chi connectivity index (χ1v) is 6.53. The molecule has 106 valence electrons. The molecule has 0 bridgehead atoms. The van der Waals surface area contributed by atoms with E-state index in [1.54, 1.807) is 7.11 Å². The number of amidine groups is 1. The van der Waals surface area contributed by atoms with E-state index in [1.807, 2.05) is 59.5 Å². The zero-order valence-corrected chi connectivity index (χ0v) is 11.5. The first kappa shape index (κ1) is 13.2. The summed E-state index contributed by atoms with van der Waals surface area (Å²) in [6.45, 7) is 0.125. The van der Waals surface area contributed by atoms with Gasteiger partial charge in [0.15, 0.2) is 5.84 Å². The van der Waals surface area contributed by atoms with Crippen LogP contribution in [0.4, 0.5) is 5.69 Å². The van der Waals surface area contributed by atoms with Crippen molar-refractivity contribution in [2.45, 2.75) is 0 Å². The summed E-state index contributed by atoms with van der Waals surface area (Å²) in [7, 11) is 1.62. The van der Waals surface area contributed by atoms with Gasteiger partial charge in [0.25, 0.3) is 0 Å². The number of hydrogen-bond acceptors (Lipinski definition) is 5. The molecule has 3 rings (SSSR count). The average molecular weight is 282 g/mol. The van der Waals surface area contributed by atoms with Crippen LogP contribution in [0.25, 0.3) is 0 Å². The molecule has 0 aliphatic carbocycles. The Kier molecular flexibility index (Phi) is 3.55. The summed E-state index contributed by atoms with van der Waals surface area (Å²) in [5.41, 5.74) is 1.75. The third-order valence-corrected chi connectivity index (χ3v) is 3.19. The van der Waals surface area contributed by atoms with Crippen LogP contribution < -0.4 is 9.64 Å². The molecule has 0 fully saturated rings. The molecular weight excluding hydrogens is 268 g/mol. The second-order valence-electron chi connectivity index (χ2n) is 4.53. The van der Waals surface area contributed by atoms with Gasteiger partial charge >= 0.3 is 5.97 Å². The van der Waals surface area contributed by atoms with E-state index in [4.69, 9.17) is 9.57 Å². The highest BCUT2D eigenvalue weighted by Crippen LogP contribution is 2.23. The fraction of sp³-hybridized carbons (Fsp3) is 0.125. The standard InChI is InChI=1S/C16H14N2O3/c1-20-14-9-7-13(8-10-14)18-11-15(19)21-17-16(18)12-5-3-2-4-6-12/h2-10H,11H2,1H3. The summed E-state index contributed by atoms with van der Waals surface area (Å²) in [6, 6.07) is 17.1. The lowest BCUT2D eigenvalue weighted by Gasteiger charge is -2.27. The lowest BCUT2D eigenvalue weighted by Crippen LogP contribution is -2.40. The molecular formula is C16H14N2O3. The van der Waals surface area contributed by atoms with Crippen LogP contribution in [0.15, 0.2) is 59.8 Å². The maximum atomic E-state index is 11.6. The van der Waals surface area contributed by atoms with Crippen molar-refractivity contribution in [3.8, 4) is 5.75 Å². The number of methoxy groups -OCH3 is 1. The maximum Gasteiger partial charge on any atom is 0.354 e. The molecule has 0 aromatic heterocycles. The third-order valence-electron chi connectivity index (χ3n) is 3.19. The predicted molar refractivity (Wildman–Crippen MR) is 79.4 cm³/mol. The Bertz CT molecular complexity index is 666. The minimum Gasteiger partial charge on any atom is -0.497 e. The predicted octanol–water partition coefficient (Wildman–Crippen LogP) is 2.42. The lowest BCUT2D eigenvalue weighted by atomic mass is 10.1. The number of carbonyl (C=O) groups is 1. The fourth-order valence-electron chi connectivity index (χ4n) is 2.15. The van der Waals surface area contributed by atoms with E-state index < -0.39 is 0 Å². The Hall–Kier alpha value is -2.82. The van der Waals surface area contributed by atoms with Gasteiger partial charge in [-0.05, 0) is 24.3 Å². The monoisotopic (exact) mass is 282 g/mol. The van der Waals surface area contributed by atoms with Crippen molar-refractivity contribution in [3.63, 3.8) is 0 Å². The molecule has 0 unspecified atom stereocenters. The van der Waals surface area contributed by atoms with Gasteiger partial charge in [-0.3, -0.25) is 0 Å². The summed E-state index contributed by atoms with van der Waals surface area (Å²) in [6.07, 6.45) is 0. The molecule has 1 aliphatic rings. The van der Waals surface area contributed by atoms with E-state index in [0.29, 0.717) is 5.84 Å². The highest BCUT2D eigenvalue weighted by atomic mass is 16.7. The number of rotatable bonds is 3. The summed E-state index contributed by atoms with van der Waals surface area (Å²) in [4.78, 5) is 18.2. The van der Waals surface area contributed by atoms with E-state index in [1.165, 1.54) is 0 Å². The molecule has 0 spiro atoms. The van der Waals surface area contributed by atoms with Crippen LogP contribution in [0.3, 0.4) is 0 Å². The Labute approximate surface area is 122 Å². The van der Waals surface area contributed by atoms with Crippen LogP contribution in [0.2, 0.25) is 0 Å². The van der Waals surface area contributed by atoms with Crippen LogP contribution in [0.5, 0.6) is 5.75 Å². The molecule has 0 saturated carbocycles. The van der Waals surface area contributed by atoms with Crippen molar-refractivity contribution in [3.05, 3.63) is 60.2 Å². The second-order valence-corrected chi connectivity index (χ2v) is 4.53. The van der Waals surface area contributed by atoms with E-state index >= 15 is 0 Å². The van der Waals surface area contributed by atoms with Crippen LogP contribution in [0.1, 0.15) is 5.56 Å². The molecule has 0 radical (unpaired) electrons. The molecule has 0 amide bonds.